The van der Waals surface area contributed by atoms with Gasteiger partial charge in [-0.2, -0.15) is 0 Å². The number of rotatable bonds is 5. The first kappa shape index (κ1) is 15.8. The molecule has 1 aromatic heterocycles. The molecule has 0 radical (unpaired) electrons. The van der Waals surface area contributed by atoms with Crippen molar-refractivity contribution in [3.63, 3.8) is 0 Å². The first-order valence-electron chi connectivity index (χ1n) is 6.96. The Balaban J connectivity index is 1.81. The van der Waals surface area contributed by atoms with Crippen LogP contribution in [0.5, 0.6) is 0 Å². The number of amides is 1. The van der Waals surface area contributed by atoms with Gasteiger partial charge in [0, 0.05) is 32.1 Å². The lowest BCUT2D eigenvalue weighted by Crippen LogP contribution is -2.39. The first-order chi connectivity index (χ1) is 10.1. The number of nitrogens with one attached hydrogen (secondary N) is 1. The van der Waals surface area contributed by atoms with E-state index in [-0.39, 0.29) is 11.6 Å². The van der Waals surface area contributed by atoms with Gasteiger partial charge >= 0.3 is 0 Å². The zero-order valence-electron chi connectivity index (χ0n) is 11.9. The summed E-state index contributed by atoms with van der Waals surface area (Å²) in [7, 11) is 0. The van der Waals surface area contributed by atoms with Gasteiger partial charge < -0.3 is 10.1 Å². The van der Waals surface area contributed by atoms with E-state index in [1.165, 1.54) is 0 Å². The van der Waals surface area contributed by atoms with E-state index in [2.05, 4.69) is 15.2 Å². The lowest BCUT2D eigenvalue weighted by molar-refractivity contribution is -0.122. The Hall–Kier alpha value is -1.60. The van der Waals surface area contributed by atoms with Gasteiger partial charge in [-0.15, -0.1) is 0 Å². The van der Waals surface area contributed by atoms with Gasteiger partial charge in [0.2, 0.25) is 5.91 Å². The molecule has 0 aliphatic carbocycles. The van der Waals surface area contributed by atoms with Crippen molar-refractivity contribution in [2.45, 2.75) is 19.4 Å². The van der Waals surface area contributed by atoms with Gasteiger partial charge in [0.15, 0.2) is 0 Å². The number of halogens is 2. The molecule has 0 bridgehead atoms. The van der Waals surface area contributed by atoms with Gasteiger partial charge in [-0.3, -0.25) is 14.7 Å². The summed E-state index contributed by atoms with van der Waals surface area (Å²) in [4.78, 5) is 17.7. The first-order valence-corrected chi connectivity index (χ1v) is 6.96. The summed E-state index contributed by atoms with van der Waals surface area (Å²) in [6, 6.07) is 0.168. The van der Waals surface area contributed by atoms with Gasteiger partial charge in [-0.25, -0.2) is 8.78 Å². The highest BCUT2D eigenvalue weighted by Gasteiger charge is 2.17. The number of aromatic nitrogens is 1. The summed E-state index contributed by atoms with van der Waals surface area (Å²) in [5.41, 5.74) is 0.0381. The van der Waals surface area contributed by atoms with Gasteiger partial charge in [-0.05, 0) is 6.92 Å². The summed E-state index contributed by atoms with van der Waals surface area (Å²) in [6.45, 7) is 5.26. The predicted octanol–water partition coefficient (Wildman–Crippen LogP) is 1.26. The van der Waals surface area contributed by atoms with Crippen molar-refractivity contribution in [2.75, 3.05) is 32.8 Å². The van der Waals surface area contributed by atoms with E-state index in [0.29, 0.717) is 26.2 Å². The van der Waals surface area contributed by atoms with Crippen LogP contribution in [0, 0.1) is 11.6 Å². The minimum absolute atomic E-state index is 0.0381. The molecule has 5 nitrogen and oxygen atoms in total. The minimum Gasteiger partial charge on any atom is -0.379 e. The molecule has 7 heteroatoms. The van der Waals surface area contributed by atoms with Crippen LogP contribution in [0.25, 0.3) is 0 Å². The van der Waals surface area contributed by atoms with Crippen molar-refractivity contribution in [2.24, 2.45) is 0 Å². The van der Waals surface area contributed by atoms with Crippen molar-refractivity contribution < 1.29 is 18.3 Å². The fourth-order valence-corrected chi connectivity index (χ4v) is 2.21. The number of carbonyl (C=O) groups is 1. The topological polar surface area (TPSA) is 54.5 Å². The lowest BCUT2D eigenvalue weighted by Gasteiger charge is -2.26. The molecule has 0 spiro atoms. The maximum Gasteiger partial charge on any atom is 0.221 e. The molecule has 21 heavy (non-hydrogen) atoms. The van der Waals surface area contributed by atoms with Crippen LogP contribution >= 0.6 is 0 Å². The standard InChI is InChI=1S/C14H19F2N3O2/c1-10(14-12(16)8-11(15)9-17-14)18-13(20)2-3-19-4-6-21-7-5-19/h8-10H,2-7H2,1H3,(H,18,20). The molecule has 1 saturated heterocycles. The molecular weight excluding hydrogens is 280 g/mol. The third kappa shape index (κ3) is 4.71. The van der Waals surface area contributed by atoms with Crippen molar-refractivity contribution >= 4 is 5.91 Å². The fraction of sp³-hybridized carbons (Fsp3) is 0.571. The Morgan fingerprint density at radius 3 is 2.86 bits per heavy atom. The van der Waals surface area contributed by atoms with Crippen molar-refractivity contribution in [3.8, 4) is 0 Å². The summed E-state index contributed by atoms with van der Waals surface area (Å²) in [5.74, 6) is -1.67. The van der Waals surface area contributed by atoms with Crippen LogP contribution in [-0.2, 0) is 9.53 Å². The van der Waals surface area contributed by atoms with E-state index in [1.54, 1.807) is 6.92 Å². The Kier molecular flexibility index (Phi) is 5.58. The van der Waals surface area contributed by atoms with E-state index < -0.39 is 17.7 Å². The van der Waals surface area contributed by atoms with Gasteiger partial charge in [0.25, 0.3) is 0 Å². The molecule has 1 aliphatic rings. The zero-order chi connectivity index (χ0) is 15.2. The third-order valence-corrected chi connectivity index (χ3v) is 3.38. The van der Waals surface area contributed by atoms with Gasteiger partial charge in [0.1, 0.15) is 11.6 Å². The molecular formula is C14H19F2N3O2. The Morgan fingerprint density at radius 2 is 2.19 bits per heavy atom. The summed E-state index contributed by atoms with van der Waals surface area (Å²) < 4.78 is 31.6. The number of hydrogen-bond acceptors (Lipinski definition) is 4. The van der Waals surface area contributed by atoms with Crippen LogP contribution in [0.4, 0.5) is 8.78 Å². The molecule has 1 unspecified atom stereocenters. The largest absolute Gasteiger partial charge is 0.379 e. The predicted molar refractivity (Wildman–Crippen MR) is 72.6 cm³/mol. The Bertz CT molecular complexity index is 493. The second-order valence-corrected chi connectivity index (χ2v) is 5.01. The number of carbonyl (C=O) groups excluding carboxylic acids is 1. The molecule has 1 amide bonds. The molecule has 1 aliphatic heterocycles. The van der Waals surface area contributed by atoms with E-state index in [9.17, 15) is 13.6 Å². The second kappa shape index (κ2) is 7.42. The second-order valence-electron chi connectivity index (χ2n) is 5.01. The van der Waals surface area contributed by atoms with Crippen molar-refractivity contribution in [3.05, 3.63) is 29.6 Å². The highest BCUT2D eigenvalue weighted by atomic mass is 19.1. The van der Waals surface area contributed by atoms with Crippen LogP contribution in [-0.4, -0.2) is 48.6 Å². The van der Waals surface area contributed by atoms with E-state index >= 15 is 0 Å². The fourth-order valence-electron chi connectivity index (χ4n) is 2.21. The van der Waals surface area contributed by atoms with Gasteiger partial charge in [-0.1, -0.05) is 0 Å². The monoisotopic (exact) mass is 299 g/mol. The van der Waals surface area contributed by atoms with E-state index in [0.717, 1.165) is 25.4 Å². The maximum absolute atomic E-state index is 13.6. The minimum atomic E-state index is -0.754. The number of morpholine rings is 1. The molecule has 1 N–H and O–H groups in total. The van der Waals surface area contributed by atoms with Crippen LogP contribution in [0.15, 0.2) is 12.3 Å². The SMILES string of the molecule is CC(NC(=O)CCN1CCOCC1)c1ncc(F)cc1F. The molecule has 1 aromatic rings. The number of nitrogens with zero attached hydrogens (tertiary/aromatic N) is 2. The number of ether oxygens (including phenoxy) is 1. The Labute approximate surface area is 122 Å². The molecule has 0 saturated carbocycles. The van der Waals surface area contributed by atoms with Crippen LogP contribution in [0.3, 0.4) is 0 Å². The quantitative estimate of drug-likeness (QED) is 0.889. The molecule has 1 fully saturated rings. The van der Waals surface area contributed by atoms with Crippen LogP contribution < -0.4 is 5.32 Å². The highest BCUT2D eigenvalue weighted by molar-refractivity contribution is 5.76. The maximum atomic E-state index is 13.6. The molecule has 2 heterocycles. The smallest absolute Gasteiger partial charge is 0.221 e. The van der Waals surface area contributed by atoms with Gasteiger partial charge in [0.05, 0.1) is 31.1 Å². The molecule has 2 rings (SSSR count). The highest BCUT2D eigenvalue weighted by Crippen LogP contribution is 2.14. The molecule has 1 atom stereocenters. The van der Waals surface area contributed by atoms with Crippen LogP contribution in [0.1, 0.15) is 25.1 Å². The Morgan fingerprint density at radius 1 is 1.48 bits per heavy atom. The zero-order valence-corrected chi connectivity index (χ0v) is 11.9. The normalized spacial score (nSPS) is 17.5. The van der Waals surface area contributed by atoms with Crippen molar-refractivity contribution in [1.29, 1.82) is 0 Å². The summed E-state index contributed by atoms with van der Waals surface area (Å²) >= 11 is 0. The van der Waals surface area contributed by atoms with Crippen molar-refractivity contribution in [1.82, 2.24) is 15.2 Å². The van der Waals surface area contributed by atoms with E-state index in [1.807, 2.05) is 0 Å². The molecule has 116 valence electrons. The van der Waals surface area contributed by atoms with Crippen LogP contribution in [0.2, 0.25) is 0 Å². The summed E-state index contributed by atoms with van der Waals surface area (Å²) in [6.07, 6.45) is 1.27. The third-order valence-electron chi connectivity index (χ3n) is 3.38. The number of hydrogen-bond donors (Lipinski definition) is 1. The average Bonchev–Trinajstić information content (AvgIpc) is 2.46. The molecule has 0 aromatic carbocycles. The lowest BCUT2D eigenvalue weighted by atomic mass is 10.2. The average molecular weight is 299 g/mol. The van der Waals surface area contributed by atoms with E-state index in [4.69, 9.17) is 4.74 Å². The number of pyridine rings is 1. The summed E-state index contributed by atoms with van der Waals surface area (Å²) in [5, 5.41) is 2.67.